The van der Waals surface area contributed by atoms with E-state index in [0.29, 0.717) is 49.4 Å². The number of carboxylic acid groups (broad SMARTS) is 1. The van der Waals surface area contributed by atoms with Crippen LogP contribution in [0.1, 0.15) is 24.2 Å². The lowest BCUT2D eigenvalue weighted by Crippen LogP contribution is -2.50. The Morgan fingerprint density at radius 3 is 2.27 bits per heavy atom. The molecule has 1 fully saturated rings. The molecule has 2 aromatic carbocycles. The number of aromatic nitrogens is 1. The third kappa shape index (κ3) is 8.48. The molecule has 2 heterocycles. The average molecular weight is 655 g/mol. The molecule has 40 heavy (non-hydrogen) atoms. The van der Waals surface area contributed by atoms with Crippen LogP contribution in [0.5, 0.6) is 0 Å². The highest BCUT2D eigenvalue weighted by Crippen LogP contribution is 2.29. The number of hydrogen-bond donors (Lipinski definition) is 3. The van der Waals surface area contributed by atoms with Gasteiger partial charge in [-0.3, -0.25) is 14.4 Å². The molecule has 3 N–H and O–H groups in total. The molecule has 4 rings (SSSR count). The van der Waals surface area contributed by atoms with Gasteiger partial charge in [-0.2, -0.15) is 0 Å². The van der Waals surface area contributed by atoms with E-state index in [1.54, 1.807) is 18.2 Å². The molecule has 0 aliphatic carbocycles. The molecular weight excluding hydrogens is 624 g/mol. The van der Waals surface area contributed by atoms with Crippen LogP contribution in [0.15, 0.2) is 53.4 Å². The molecule has 1 amide bonds. The van der Waals surface area contributed by atoms with Crippen LogP contribution in [0.25, 0.3) is 10.9 Å². The van der Waals surface area contributed by atoms with E-state index >= 15 is 0 Å². The average Bonchev–Trinajstić information content (AvgIpc) is 2.83. The van der Waals surface area contributed by atoms with Crippen LogP contribution in [0, 0.1) is 0 Å². The molecule has 0 atom stereocenters. The Bertz CT molecular complexity index is 1450. The molecule has 10 nitrogen and oxygen atoms in total. The lowest BCUT2D eigenvalue weighted by molar-refractivity contribution is -0.122. The molecule has 0 bridgehead atoms. The van der Waals surface area contributed by atoms with Crippen molar-refractivity contribution in [2.75, 3.05) is 42.3 Å². The van der Waals surface area contributed by atoms with Gasteiger partial charge in [-0.25, -0.2) is 18.2 Å². The molecule has 0 saturated carbocycles. The normalized spacial score (nSPS) is 13.6. The van der Waals surface area contributed by atoms with E-state index < -0.39 is 16.0 Å². The van der Waals surface area contributed by atoms with Crippen molar-refractivity contribution in [2.24, 2.45) is 0 Å². The standard InChI is InChI=1S/C25H28ClN5O5S.3ClH/c1-16(2)27-24(32)15-30-9-11-31(12-10-30)23-14-19(25(33)34)18-13-17(7-8-21(18)28-23)29-37(35,36)22-6-4-3-5-20(22)26;;;/h3-8,13-14,16,29H,9-12,15H2,1-2H3,(H,27,32)(H,33,34);3*1H. The summed E-state index contributed by atoms with van der Waals surface area (Å²) in [5.41, 5.74) is 0.629. The number of halogens is 4. The van der Waals surface area contributed by atoms with Gasteiger partial charge in [-0.15, -0.1) is 37.2 Å². The van der Waals surface area contributed by atoms with Gasteiger partial charge in [0.05, 0.1) is 22.6 Å². The summed E-state index contributed by atoms with van der Waals surface area (Å²) in [6.45, 7) is 6.58. The fourth-order valence-corrected chi connectivity index (χ4v) is 5.76. The third-order valence-electron chi connectivity index (χ3n) is 5.92. The number of pyridine rings is 1. The van der Waals surface area contributed by atoms with Gasteiger partial charge in [0, 0.05) is 43.3 Å². The van der Waals surface area contributed by atoms with E-state index in [1.165, 1.54) is 30.3 Å². The van der Waals surface area contributed by atoms with Gasteiger partial charge in [0.2, 0.25) is 5.91 Å². The van der Waals surface area contributed by atoms with E-state index in [2.05, 4.69) is 15.0 Å². The monoisotopic (exact) mass is 653 g/mol. The van der Waals surface area contributed by atoms with Crippen LogP contribution in [0.4, 0.5) is 11.5 Å². The molecule has 220 valence electrons. The van der Waals surface area contributed by atoms with Crippen molar-refractivity contribution >= 4 is 93.1 Å². The SMILES string of the molecule is CC(C)NC(=O)CN1CCN(c2cc(C(=O)O)c3cc(NS(=O)(=O)c4ccccc4Cl)ccc3n2)CC1.Cl.Cl.Cl. The van der Waals surface area contributed by atoms with Gasteiger partial charge in [0.25, 0.3) is 10.0 Å². The number of carbonyl (C=O) groups is 2. The number of anilines is 2. The zero-order chi connectivity index (χ0) is 26.7. The fraction of sp³-hybridized carbons (Fsp3) is 0.320. The molecule has 1 aliphatic rings. The van der Waals surface area contributed by atoms with Crippen LogP contribution in [-0.2, 0) is 14.8 Å². The van der Waals surface area contributed by atoms with Gasteiger partial charge in [-0.1, -0.05) is 23.7 Å². The third-order valence-corrected chi connectivity index (χ3v) is 7.80. The molecule has 0 spiro atoms. The van der Waals surface area contributed by atoms with Gasteiger partial charge in [0.15, 0.2) is 0 Å². The number of nitrogens with one attached hydrogen (secondary N) is 2. The number of amides is 1. The summed E-state index contributed by atoms with van der Waals surface area (Å²) in [7, 11) is -3.98. The Kier molecular flexibility index (Phi) is 13.2. The summed E-state index contributed by atoms with van der Waals surface area (Å²) in [6.07, 6.45) is 0. The second-order valence-electron chi connectivity index (χ2n) is 9.09. The number of carboxylic acids is 1. The van der Waals surface area contributed by atoms with E-state index in [-0.39, 0.29) is 70.3 Å². The summed E-state index contributed by atoms with van der Waals surface area (Å²) in [4.78, 5) is 32.8. The van der Waals surface area contributed by atoms with Gasteiger partial charge in [0.1, 0.15) is 10.7 Å². The number of carbonyl (C=O) groups excluding carboxylic acids is 1. The predicted molar refractivity (Wildman–Crippen MR) is 165 cm³/mol. The maximum absolute atomic E-state index is 12.8. The number of sulfonamides is 1. The number of aromatic carboxylic acids is 1. The Morgan fingerprint density at radius 2 is 1.68 bits per heavy atom. The van der Waals surface area contributed by atoms with Crippen molar-refractivity contribution in [3.05, 3.63) is 59.1 Å². The number of fused-ring (bicyclic) bond motifs is 1. The molecule has 1 aromatic heterocycles. The first-order valence-electron chi connectivity index (χ1n) is 11.8. The van der Waals surface area contributed by atoms with Crippen molar-refractivity contribution in [3.63, 3.8) is 0 Å². The lowest BCUT2D eigenvalue weighted by atomic mass is 10.1. The summed E-state index contributed by atoms with van der Waals surface area (Å²) >= 11 is 6.05. The molecule has 1 saturated heterocycles. The Hall–Kier alpha value is -2.54. The molecule has 3 aromatic rings. The van der Waals surface area contributed by atoms with E-state index in [4.69, 9.17) is 11.6 Å². The largest absolute Gasteiger partial charge is 0.478 e. The van der Waals surface area contributed by atoms with Crippen molar-refractivity contribution < 1.29 is 23.1 Å². The number of benzene rings is 2. The van der Waals surface area contributed by atoms with E-state index in [0.717, 1.165) is 0 Å². The molecule has 1 aliphatic heterocycles. The predicted octanol–water partition coefficient (Wildman–Crippen LogP) is 4.30. The minimum atomic E-state index is -3.98. The quantitative estimate of drug-likeness (QED) is 0.328. The maximum Gasteiger partial charge on any atom is 0.336 e. The number of piperazine rings is 1. The highest BCUT2D eigenvalue weighted by atomic mass is 35.5. The van der Waals surface area contributed by atoms with Crippen molar-refractivity contribution in [3.8, 4) is 0 Å². The van der Waals surface area contributed by atoms with Crippen molar-refractivity contribution in [1.82, 2.24) is 15.2 Å². The maximum atomic E-state index is 12.8. The first kappa shape index (κ1) is 35.5. The first-order chi connectivity index (χ1) is 17.5. The topological polar surface area (TPSA) is 132 Å². The molecule has 0 unspecified atom stereocenters. The number of nitrogens with zero attached hydrogens (tertiary/aromatic N) is 3. The summed E-state index contributed by atoms with van der Waals surface area (Å²) in [5.74, 6) is -0.661. The van der Waals surface area contributed by atoms with Gasteiger partial charge < -0.3 is 15.3 Å². The molecule has 0 radical (unpaired) electrons. The Morgan fingerprint density at radius 1 is 1.02 bits per heavy atom. The van der Waals surface area contributed by atoms with Crippen LogP contribution in [-0.4, -0.2) is 74.1 Å². The lowest BCUT2D eigenvalue weighted by Gasteiger charge is -2.35. The Balaban J connectivity index is 0.00000267. The highest BCUT2D eigenvalue weighted by molar-refractivity contribution is 7.92. The zero-order valence-corrected chi connectivity index (χ0v) is 25.7. The van der Waals surface area contributed by atoms with Crippen molar-refractivity contribution in [1.29, 1.82) is 0 Å². The summed E-state index contributed by atoms with van der Waals surface area (Å²) in [6, 6.07) is 12.2. The van der Waals surface area contributed by atoms with Crippen LogP contribution in [0.3, 0.4) is 0 Å². The number of rotatable bonds is 8. The Labute approximate surface area is 256 Å². The summed E-state index contributed by atoms with van der Waals surface area (Å²) in [5, 5.41) is 13.2. The van der Waals surface area contributed by atoms with Crippen LogP contribution in [0.2, 0.25) is 5.02 Å². The second-order valence-corrected chi connectivity index (χ2v) is 11.1. The van der Waals surface area contributed by atoms with E-state index in [9.17, 15) is 23.1 Å². The first-order valence-corrected chi connectivity index (χ1v) is 13.6. The molecular formula is C25H31Cl4N5O5S. The van der Waals surface area contributed by atoms with Crippen LogP contribution < -0.4 is 14.9 Å². The van der Waals surface area contributed by atoms with Crippen molar-refractivity contribution in [2.45, 2.75) is 24.8 Å². The fourth-order valence-electron chi connectivity index (χ4n) is 4.19. The van der Waals surface area contributed by atoms with E-state index in [1.807, 2.05) is 23.6 Å². The molecule has 15 heteroatoms. The number of hydrogen-bond acceptors (Lipinski definition) is 7. The van der Waals surface area contributed by atoms with Gasteiger partial charge >= 0.3 is 5.97 Å². The smallest absolute Gasteiger partial charge is 0.336 e. The van der Waals surface area contributed by atoms with Crippen LogP contribution >= 0.6 is 48.8 Å². The minimum Gasteiger partial charge on any atom is -0.478 e. The highest BCUT2D eigenvalue weighted by Gasteiger charge is 2.23. The minimum absolute atomic E-state index is 0. The van der Waals surface area contributed by atoms with Gasteiger partial charge in [-0.05, 0) is 50.2 Å². The zero-order valence-electron chi connectivity index (χ0n) is 21.7. The summed E-state index contributed by atoms with van der Waals surface area (Å²) < 4.78 is 28.1. The second kappa shape index (κ2) is 14.9.